The molecular formula is C22H16F3NO3S. The number of alkyl halides is 3. The van der Waals surface area contributed by atoms with Gasteiger partial charge in [-0.1, -0.05) is 48.5 Å². The molecule has 8 heteroatoms. The Labute approximate surface area is 171 Å². The summed E-state index contributed by atoms with van der Waals surface area (Å²) in [6.45, 7) is 0. The molecule has 3 aromatic carbocycles. The highest BCUT2D eigenvalue weighted by Crippen LogP contribution is 2.34. The van der Waals surface area contributed by atoms with Crippen molar-refractivity contribution in [3.63, 3.8) is 0 Å². The van der Waals surface area contributed by atoms with Gasteiger partial charge in [-0.25, -0.2) is 8.42 Å². The van der Waals surface area contributed by atoms with E-state index in [-0.39, 0.29) is 16.2 Å². The molecular weight excluding hydrogens is 415 g/mol. The standard InChI is InChI=1S/C22H16F3NO3S/c23-22(24,25)15-11-9-14(10-12-15)16-5-1-2-6-17(16)21(27)26-19-13-30(28,29)20-8-4-3-7-18(19)20/h1-12,19H,13H2,(H,26,27)/t19-/m0/s1. The first-order valence-electron chi connectivity index (χ1n) is 9.06. The smallest absolute Gasteiger partial charge is 0.344 e. The number of benzene rings is 3. The highest BCUT2D eigenvalue weighted by atomic mass is 32.2. The highest BCUT2D eigenvalue weighted by molar-refractivity contribution is 7.91. The van der Waals surface area contributed by atoms with Crippen LogP contribution in [0.1, 0.15) is 27.5 Å². The zero-order valence-electron chi connectivity index (χ0n) is 15.5. The predicted molar refractivity (Wildman–Crippen MR) is 106 cm³/mol. The van der Waals surface area contributed by atoms with Crippen LogP contribution < -0.4 is 5.32 Å². The van der Waals surface area contributed by atoms with Crippen molar-refractivity contribution in [1.82, 2.24) is 5.32 Å². The lowest BCUT2D eigenvalue weighted by atomic mass is 9.97. The molecule has 0 bridgehead atoms. The number of fused-ring (bicyclic) bond motifs is 1. The van der Waals surface area contributed by atoms with Crippen LogP contribution in [0.15, 0.2) is 77.7 Å². The molecule has 0 aliphatic carbocycles. The molecule has 154 valence electrons. The number of sulfone groups is 1. The number of amides is 1. The van der Waals surface area contributed by atoms with Gasteiger partial charge in [0.05, 0.1) is 22.3 Å². The Morgan fingerprint density at radius 2 is 1.53 bits per heavy atom. The van der Waals surface area contributed by atoms with E-state index in [2.05, 4.69) is 5.32 Å². The van der Waals surface area contributed by atoms with Gasteiger partial charge in [-0.05, 0) is 41.0 Å². The lowest BCUT2D eigenvalue weighted by Gasteiger charge is -2.15. The molecule has 3 aromatic rings. The zero-order chi connectivity index (χ0) is 21.5. The predicted octanol–water partition coefficient (Wildman–Crippen LogP) is 4.63. The van der Waals surface area contributed by atoms with Gasteiger partial charge in [0.25, 0.3) is 5.91 Å². The molecule has 30 heavy (non-hydrogen) atoms. The third kappa shape index (κ3) is 3.70. The molecule has 0 spiro atoms. The van der Waals surface area contributed by atoms with E-state index in [0.717, 1.165) is 12.1 Å². The summed E-state index contributed by atoms with van der Waals surface area (Å²) in [6, 6.07) is 16.9. The van der Waals surface area contributed by atoms with Crippen LogP contribution in [0.5, 0.6) is 0 Å². The minimum atomic E-state index is -4.45. The molecule has 0 fully saturated rings. The summed E-state index contributed by atoms with van der Waals surface area (Å²) in [6.07, 6.45) is -4.45. The normalized spacial score (nSPS) is 17.4. The fourth-order valence-electron chi connectivity index (χ4n) is 3.58. The van der Waals surface area contributed by atoms with Gasteiger partial charge in [0, 0.05) is 5.56 Å². The minimum absolute atomic E-state index is 0.200. The van der Waals surface area contributed by atoms with Crippen molar-refractivity contribution >= 4 is 15.7 Å². The third-order valence-electron chi connectivity index (χ3n) is 5.02. The van der Waals surface area contributed by atoms with Crippen LogP contribution in [0.4, 0.5) is 13.2 Å². The van der Waals surface area contributed by atoms with Crippen LogP contribution in [0.25, 0.3) is 11.1 Å². The molecule has 1 N–H and O–H groups in total. The van der Waals surface area contributed by atoms with Crippen molar-refractivity contribution in [1.29, 1.82) is 0 Å². The fraction of sp³-hybridized carbons (Fsp3) is 0.136. The van der Waals surface area contributed by atoms with E-state index >= 15 is 0 Å². The third-order valence-corrected chi connectivity index (χ3v) is 6.83. The Balaban J connectivity index is 1.64. The van der Waals surface area contributed by atoms with E-state index in [1.165, 1.54) is 18.2 Å². The molecule has 0 saturated carbocycles. The summed E-state index contributed by atoms with van der Waals surface area (Å²) >= 11 is 0. The van der Waals surface area contributed by atoms with E-state index in [0.29, 0.717) is 16.7 Å². The van der Waals surface area contributed by atoms with Crippen LogP contribution in [-0.2, 0) is 16.0 Å². The molecule has 0 aromatic heterocycles. The van der Waals surface area contributed by atoms with Crippen molar-refractivity contribution in [2.24, 2.45) is 0 Å². The van der Waals surface area contributed by atoms with Crippen molar-refractivity contribution in [3.8, 4) is 11.1 Å². The van der Waals surface area contributed by atoms with E-state index < -0.39 is 33.5 Å². The molecule has 0 saturated heterocycles. The van der Waals surface area contributed by atoms with Gasteiger partial charge in [-0.2, -0.15) is 13.2 Å². The first kappa shape index (κ1) is 20.2. The quantitative estimate of drug-likeness (QED) is 0.658. The van der Waals surface area contributed by atoms with Gasteiger partial charge in [0.2, 0.25) is 0 Å². The Hall–Kier alpha value is -3.13. The van der Waals surface area contributed by atoms with Gasteiger partial charge in [-0.3, -0.25) is 4.79 Å². The molecule has 4 rings (SSSR count). The monoisotopic (exact) mass is 431 g/mol. The number of hydrogen-bond acceptors (Lipinski definition) is 3. The zero-order valence-corrected chi connectivity index (χ0v) is 16.3. The maximum atomic E-state index is 13.0. The first-order chi connectivity index (χ1) is 14.2. The summed E-state index contributed by atoms with van der Waals surface area (Å²) in [5.41, 5.74) is 0.906. The van der Waals surface area contributed by atoms with Gasteiger partial charge in [0.15, 0.2) is 9.84 Å². The Kier molecular flexibility index (Phi) is 4.89. The van der Waals surface area contributed by atoms with Gasteiger partial charge >= 0.3 is 6.18 Å². The lowest BCUT2D eigenvalue weighted by molar-refractivity contribution is -0.137. The number of carbonyl (C=O) groups excluding carboxylic acids is 1. The molecule has 1 amide bonds. The number of rotatable bonds is 3. The van der Waals surface area contributed by atoms with Gasteiger partial charge < -0.3 is 5.32 Å². The lowest BCUT2D eigenvalue weighted by Crippen LogP contribution is -2.30. The van der Waals surface area contributed by atoms with Gasteiger partial charge in [0.1, 0.15) is 0 Å². The Morgan fingerprint density at radius 3 is 2.23 bits per heavy atom. The number of hydrogen-bond donors (Lipinski definition) is 1. The van der Waals surface area contributed by atoms with E-state index in [4.69, 9.17) is 0 Å². The maximum Gasteiger partial charge on any atom is 0.416 e. The molecule has 1 heterocycles. The molecule has 1 aliphatic heterocycles. The fourth-order valence-corrected chi connectivity index (χ4v) is 5.31. The largest absolute Gasteiger partial charge is 0.416 e. The second-order valence-corrected chi connectivity index (χ2v) is 8.97. The summed E-state index contributed by atoms with van der Waals surface area (Å²) < 4.78 is 63.2. The van der Waals surface area contributed by atoms with Crippen molar-refractivity contribution in [2.45, 2.75) is 17.1 Å². The second kappa shape index (κ2) is 7.28. The average molecular weight is 431 g/mol. The van der Waals surface area contributed by atoms with E-state index in [1.54, 1.807) is 42.5 Å². The first-order valence-corrected chi connectivity index (χ1v) is 10.7. The Bertz CT molecular complexity index is 1220. The maximum absolute atomic E-state index is 13.0. The summed E-state index contributed by atoms with van der Waals surface area (Å²) in [5, 5.41) is 2.75. The number of nitrogens with one attached hydrogen (secondary N) is 1. The minimum Gasteiger partial charge on any atom is -0.344 e. The van der Waals surface area contributed by atoms with Crippen molar-refractivity contribution in [3.05, 3.63) is 89.5 Å². The molecule has 1 atom stereocenters. The SMILES string of the molecule is O=C(N[C@H]1CS(=O)(=O)c2ccccc21)c1ccccc1-c1ccc(C(F)(F)F)cc1. The van der Waals surface area contributed by atoms with E-state index in [9.17, 15) is 26.4 Å². The van der Waals surface area contributed by atoms with Gasteiger partial charge in [-0.15, -0.1) is 0 Å². The van der Waals surface area contributed by atoms with Crippen molar-refractivity contribution in [2.75, 3.05) is 5.75 Å². The van der Waals surface area contributed by atoms with Crippen LogP contribution in [0.3, 0.4) is 0 Å². The summed E-state index contributed by atoms with van der Waals surface area (Å²) in [5.74, 6) is -0.733. The van der Waals surface area contributed by atoms with Crippen LogP contribution in [0, 0.1) is 0 Å². The second-order valence-electron chi connectivity index (χ2n) is 6.97. The van der Waals surface area contributed by atoms with Crippen molar-refractivity contribution < 1.29 is 26.4 Å². The molecule has 1 aliphatic rings. The molecule has 4 nitrogen and oxygen atoms in total. The number of carbonyl (C=O) groups is 1. The van der Waals surface area contributed by atoms with Crippen LogP contribution in [0.2, 0.25) is 0 Å². The average Bonchev–Trinajstić information content (AvgIpc) is 2.98. The topological polar surface area (TPSA) is 63.2 Å². The van der Waals surface area contributed by atoms with Crippen LogP contribution in [-0.4, -0.2) is 20.1 Å². The summed E-state index contributed by atoms with van der Waals surface area (Å²) in [7, 11) is -3.48. The number of halogens is 3. The summed E-state index contributed by atoms with van der Waals surface area (Å²) in [4.78, 5) is 13.2. The highest BCUT2D eigenvalue weighted by Gasteiger charge is 2.35. The molecule has 0 unspecified atom stereocenters. The van der Waals surface area contributed by atoms with E-state index in [1.807, 2.05) is 0 Å². The Morgan fingerprint density at radius 1 is 0.900 bits per heavy atom. The van der Waals surface area contributed by atoms with Crippen LogP contribution >= 0.6 is 0 Å². The molecule has 0 radical (unpaired) electrons.